The van der Waals surface area contributed by atoms with Crippen molar-refractivity contribution in [1.29, 1.82) is 0 Å². The minimum absolute atomic E-state index is 0.149. The Morgan fingerprint density at radius 1 is 1.27 bits per heavy atom. The van der Waals surface area contributed by atoms with Crippen molar-refractivity contribution in [3.63, 3.8) is 0 Å². The first-order chi connectivity index (χ1) is 7.19. The van der Waals surface area contributed by atoms with E-state index in [0.717, 1.165) is 17.7 Å². The lowest BCUT2D eigenvalue weighted by Crippen LogP contribution is -2.20. The molecule has 0 aromatic heterocycles. The van der Waals surface area contributed by atoms with Gasteiger partial charge in [0.1, 0.15) is 0 Å². The zero-order chi connectivity index (χ0) is 11.3. The topological polar surface area (TPSA) is 43.7 Å². The summed E-state index contributed by atoms with van der Waals surface area (Å²) in [4.78, 5) is 1.97. The van der Waals surface area contributed by atoms with Gasteiger partial charge in [-0.05, 0) is 24.1 Å². The highest BCUT2D eigenvalue weighted by Crippen LogP contribution is 2.20. The van der Waals surface area contributed by atoms with E-state index < -0.39 is 0 Å². The molecule has 0 aliphatic heterocycles. The van der Waals surface area contributed by atoms with Gasteiger partial charge in [0.2, 0.25) is 0 Å². The lowest BCUT2D eigenvalue weighted by molar-refractivity contribution is 0.173. The Morgan fingerprint density at radius 2 is 1.87 bits per heavy atom. The molecule has 0 unspecified atom stereocenters. The molecule has 1 aromatic rings. The number of aliphatic hydroxyl groups excluding tert-OH is 2. The van der Waals surface area contributed by atoms with Gasteiger partial charge < -0.3 is 15.1 Å². The summed E-state index contributed by atoms with van der Waals surface area (Å²) >= 11 is 0. The third-order valence-electron chi connectivity index (χ3n) is 2.54. The maximum atomic E-state index is 9.61. The summed E-state index contributed by atoms with van der Waals surface area (Å²) in [5.74, 6) is 0. The van der Waals surface area contributed by atoms with E-state index in [1.807, 2.05) is 43.1 Å². The number of anilines is 1. The van der Waals surface area contributed by atoms with Crippen LogP contribution in [0.25, 0.3) is 0 Å². The molecule has 3 nitrogen and oxygen atoms in total. The number of benzene rings is 1. The largest absolute Gasteiger partial charge is 0.395 e. The van der Waals surface area contributed by atoms with E-state index in [9.17, 15) is 5.11 Å². The van der Waals surface area contributed by atoms with Crippen LogP contribution in [0.1, 0.15) is 25.0 Å². The second kappa shape index (κ2) is 5.73. The van der Waals surface area contributed by atoms with Gasteiger partial charge in [0.05, 0.1) is 12.7 Å². The summed E-state index contributed by atoms with van der Waals surface area (Å²) in [5.41, 5.74) is 2.00. The molecule has 2 N–H and O–H groups in total. The Labute approximate surface area is 91.0 Å². The van der Waals surface area contributed by atoms with Crippen molar-refractivity contribution < 1.29 is 10.2 Å². The summed E-state index contributed by atoms with van der Waals surface area (Å²) in [6.07, 6.45) is 0.355. The third kappa shape index (κ3) is 3.22. The molecular weight excluding hydrogens is 190 g/mol. The molecule has 0 bridgehead atoms. The van der Waals surface area contributed by atoms with Crippen molar-refractivity contribution in [2.45, 2.75) is 19.4 Å². The maximum Gasteiger partial charge on any atom is 0.0787 e. The average Bonchev–Trinajstić information content (AvgIpc) is 2.28. The average molecular weight is 209 g/mol. The molecule has 0 amide bonds. The number of aliphatic hydroxyl groups is 2. The van der Waals surface area contributed by atoms with Gasteiger partial charge >= 0.3 is 0 Å². The van der Waals surface area contributed by atoms with Crippen LogP contribution in [-0.4, -0.2) is 30.4 Å². The molecule has 1 rings (SSSR count). The Hall–Kier alpha value is -1.06. The number of rotatable bonds is 5. The highest BCUT2D eigenvalue weighted by molar-refractivity contribution is 5.47. The lowest BCUT2D eigenvalue weighted by Gasteiger charge is -2.18. The smallest absolute Gasteiger partial charge is 0.0787 e. The third-order valence-corrected chi connectivity index (χ3v) is 2.54. The first-order valence-electron chi connectivity index (χ1n) is 5.29. The van der Waals surface area contributed by atoms with E-state index in [0.29, 0.717) is 6.54 Å². The molecule has 1 atom stereocenters. The van der Waals surface area contributed by atoms with E-state index >= 15 is 0 Å². The van der Waals surface area contributed by atoms with Crippen molar-refractivity contribution in [1.82, 2.24) is 0 Å². The summed E-state index contributed by atoms with van der Waals surface area (Å²) in [7, 11) is 1.93. The Bertz CT molecular complexity index is 284. The fourth-order valence-electron chi connectivity index (χ4n) is 1.47. The Kier molecular flexibility index (Phi) is 4.59. The van der Waals surface area contributed by atoms with Gasteiger partial charge in [-0.15, -0.1) is 0 Å². The lowest BCUT2D eigenvalue weighted by atomic mass is 10.1. The van der Waals surface area contributed by atoms with Gasteiger partial charge in [-0.2, -0.15) is 0 Å². The fourth-order valence-corrected chi connectivity index (χ4v) is 1.47. The molecule has 0 radical (unpaired) electrons. The van der Waals surface area contributed by atoms with Crippen molar-refractivity contribution in [2.24, 2.45) is 0 Å². The molecule has 15 heavy (non-hydrogen) atoms. The zero-order valence-electron chi connectivity index (χ0n) is 9.35. The second-order valence-corrected chi connectivity index (χ2v) is 3.66. The SMILES string of the molecule is CC[C@H](O)c1ccc(N(C)CCO)cc1. The van der Waals surface area contributed by atoms with E-state index in [2.05, 4.69) is 0 Å². The molecule has 0 aliphatic rings. The van der Waals surface area contributed by atoms with Crippen LogP contribution in [0.4, 0.5) is 5.69 Å². The van der Waals surface area contributed by atoms with E-state index in [1.54, 1.807) is 0 Å². The number of nitrogens with zero attached hydrogens (tertiary/aromatic N) is 1. The van der Waals surface area contributed by atoms with Gasteiger partial charge in [-0.3, -0.25) is 0 Å². The van der Waals surface area contributed by atoms with E-state index in [4.69, 9.17) is 5.11 Å². The highest BCUT2D eigenvalue weighted by Gasteiger charge is 2.05. The second-order valence-electron chi connectivity index (χ2n) is 3.66. The van der Waals surface area contributed by atoms with Crippen molar-refractivity contribution in [3.8, 4) is 0 Å². The van der Waals surface area contributed by atoms with Crippen molar-refractivity contribution >= 4 is 5.69 Å². The highest BCUT2D eigenvalue weighted by atomic mass is 16.3. The van der Waals surface area contributed by atoms with Gasteiger partial charge in [-0.1, -0.05) is 19.1 Å². The predicted molar refractivity (Wildman–Crippen MR) is 62.0 cm³/mol. The van der Waals surface area contributed by atoms with E-state index in [-0.39, 0.29) is 12.7 Å². The molecule has 0 heterocycles. The normalized spacial score (nSPS) is 12.5. The van der Waals surface area contributed by atoms with Gasteiger partial charge in [0.25, 0.3) is 0 Å². The fraction of sp³-hybridized carbons (Fsp3) is 0.500. The van der Waals surface area contributed by atoms with Crippen LogP contribution in [0.2, 0.25) is 0 Å². The van der Waals surface area contributed by atoms with Crippen LogP contribution >= 0.6 is 0 Å². The first-order valence-corrected chi connectivity index (χ1v) is 5.29. The quantitative estimate of drug-likeness (QED) is 0.773. The predicted octanol–water partition coefficient (Wildman–Crippen LogP) is 1.56. The molecule has 0 spiro atoms. The molecule has 0 fully saturated rings. The van der Waals surface area contributed by atoms with Crippen LogP contribution in [0, 0.1) is 0 Å². The van der Waals surface area contributed by atoms with Gasteiger partial charge in [-0.25, -0.2) is 0 Å². The number of hydrogen-bond acceptors (Lipinski definition) is 3. The van der Waals surface area contributed by atoms with Crippen LogP contribution < -0.4 is 4.90 Å². The maximum absolute atomic E-state index is 9.61. The zero-order valence-corrected chi connectivity index (χ0v) is 9.35. The first kappa shape index (κ1) is 12.0. The summed E-state index contributed by atoms with van der Waals surface area (Å²) in [5, 5.41) is 18.4. The van der Waals surface area contributed by atoms with Crippen LogP contribution in [-0.2, 0) is 0 Å². The molecule has 0 saturated heterocycles. The molecule has 3 heteroatoms. The number of hydrogen-bond donors (Lipinski definition) is 2. The van der Waals surface area contributed by atoms with Crippen molar-refractivity contribution in [3.05, 3.63) is 29.8 Å². The number of likely N-dealkylation sites (N-methyl/N-ethyl adjacent to an activating group) is 1. The van der Waals surface area contributed by atoms with Crippen LogP contribution in [0.5, 0.6) is 0 Å². The molecule has 1 aromatic carbocycles. The van der Waals surface area contributed by atoms with E-state index in [1.165, 1.54) is 0 Å². The summed E-state index contributed by atoms with van der Waals surface area (Å²) in [6, 6.07) is 7.78. The molecular formula is C12H19NO2. The molecule has 0 aliphatic carbocycles. The Balaban J connectivity index is 2.71. The van der Waals surface area contributed by atoms with Crippen LogP contribution in [0.3, 0.4) is 0 Å². The summed E-state index contributed by atoms with van der Waals surface area (Å²) < 4.78 is 0. The summed E-state index contributed by atoms with van der Waals surface area (Å²) in [6.45, 7) is 2.72. The van der Waals surface area contributed by atoms with Crippen molar-refractivity contribution in [2.75, 3.05) is 25.1 Å². The Morgan fingerprint density at radius 3 is 2.33 bits per heavy atom. The standard InChI is InChI=1S/C12H19NO2/c1-3-12(15)10-4-6-11(7-5-10)13(2)8-9-14/h4-7,12,14-15H,3,8-9H2,1-2H3/t12-/m0/s1. The molecule has 0 saturated carbocycles. The molecule has 84 valence electrons. The minimum atomic E-state index is -0.373. The van der Waals surface area contributed by atoms with Gasteiger partial charge in [0, 0.05) is 19.3 Å². The monoisotopic (exact) mass is 209 g/mol. The minimum Gasteiger partial charge on any atom is -0.395 e. The van der Waals surface area contributed by atoms with Crippen LogP contribution in [0.15, 0.2) is 24.3 Å². The van der Waals surface area contributed by atoms with Gasteiger partial charge in [0.15, 0.2) is 0 Å².